The highest BCUT2D eigenvalue weighted by molar-refractivity contribution is 6.31. The maximum Gasteiger partial charge on any atom is 0.414 e. The molecule has 0 radical (unpaired) electrons. The minimum absolute atomic E-state index is 0.0450. The molecule has 1 aliphatic rings. The van der Waals surface area contributed by atoms with Crippen molar-refractivity contribution in [3.05, 3.63) is 40.4 Å². The lowest BCUT2D eigenvalue weighted by Gasteiger charge is -2.31. The molecule has 3 N–H and O–H groups in total. The van der Waals surface area contributed by atoms with E-state index in [4.69, 9.17) is 26.8 Å². The molecule has 1 fully saturated rings. The molecule has 2 rings (SSSR count). The molecule has 1 aliphatic carbocycles. The molecular formula is C18H22ClF3N2O3. The van der Waals surface area contributed by atoms with Gasteiger partial charge >= 0.3 is 6.18 Å². The van der Waals surface area contributed by atoms with Crippen LogP contribution in [0, 0.1) is 5.92 Å². The highest BCUT2D eigenvalue weighted by Crippen LogP contribution is 2.44. The SMILES string of the molecule is COCOCCc1cc(NC=O)c([C@@](N)(C=CC2CC2)C(F)(F)F)cc1Cl. The number of halogens is 4. The summed E-state index contributed by atoms with van der Waals surface area (Å²) >= 11 is 6.20. The van der Waals surface area contributed by atoms with Crippen molar-refractivity contribution < 1.29 is 27.4 Å². The number of amides is 1. The summed E-state index contributed by atoms with van der Waals surface area (Å²) in [4.78, 5) is 10.9. The second kappa shape index (κ2) is 9.05. The smallest absolute Gasteiger partial charge is 0.359 e. The fourth-order valence-electron chi connectivity index (χ4n) is 2.57. The molecule has 1 aromatic rings. The number of methoxy groups -OCH3 is 1. The van der Waals surface area contributed by atoms with Crippen molar-refractivity contribution in [2.45, 2.75) is 31.0 Å². The van der Waals surface area contributed by atoms with Crippen molar-refractivity contribution in [2.24, 2.45) is 11.7 Å². The Bertz CT molecular complexity index is 693. The number of hydrogen-bond donors (Lipinski definition) is 2. The first-order chi connectivity index (χ1) is 12.7. The molecule has 150 valence electrons. The van der Waals surface area contributed by atoms with E-state index in [1.165, 1.54) is 19.3 Å². The molecule has 27 heavy (non-hydrogen) atoms. The van der Waals surface area contributed by atoms with Crippen LogP contribution in [-0.4, -0.2) is 33.1 Å². The Labute approximate surface area is 160 Å². The van der Waals surface area contributed by atoms with E-state index in [1.54, 1.807) is 0 Å². The molecule has 1 atom stereocenters. The quantitative estimate of drug-likeness (QED) is 0.268. The number of nitrogens with one attached hydrogen (secondary N) is 1. The molecule has 5 nitrogen and oxygen atoms in total. The third-order valence-electron chi connectivity index (χ3n) is 4.29. The van der Waals surface area contributed by atoms with Crippen LogP contribution < -0.4 is 11.1 Å². The Balaban J connectivity index is 2.42. The van der Waals surface area contributed by atoms with Crippen LogP contribution in [0.2, 0.25) is 5.02 Å². The maximum atomic E-state index is 13.8. The molecule has 1 aromatic carbocycles. The zero-order chi connectivity index (χ0) is 20.1. The van der Waals surface area contributed by atoms with Crippen LogP contribution in [0.5, 0.6) is 0 Å². The largest absolute Gasteiger partial charge is 0.414 e. The zero-order valence-electron chi connectivity index (χ0n) is 14.8. The Morgan fingerprint density at radius 1 is 1.37 bits per heavy atom. The van der Waals surface area contributed by atoms with E-state index >= 15 is 0 Å². The summed E-state index contributed by atoms with van der Waals surface area (Å²) in [6, 6.07) is 2.55. The molecule has 0 aliphatic heterocycles. The lowest BCUT2D eigenvalue weighted by molar-refractivity contribution is -0.174. The average Bonchev–Trinajstić information content (AvgIpc) is 3.42. The lowest BCUT2D eigenvalue weighted by Crippen LogP contribution is -2.49. The average molecular weight is 407 g/mol. The number of allylic oxidation sites excluding steroid dienone is 1. The topological polar surface area (TPSA) is 73.6 Å². The number of carbonyl (C=O) groups is 1. The van der Waals surface area contributed by atoms with Gasteiger partial charge in [0, 0.05) is 23.4 Å². The Morgan fingerprint density at radius 2 is 2.07 bits per heavy atom. The van der Waals surface area contributed by atoms with Gasteiger partial charge in [0.2, 0.25) is 6.41 Å². The Morgan fingerprint density at radius 3 is 2.63 bits per heavy atom. The van der Waals surface area contributed by atoms with Gasteiger partial charge in [0.25, 0.3) is 0 Å². The number of nitrogens with two attached hydrogens (primary N) is 1. The normalized spacial score (nSPS) is 17.1. The molecule has 1 amide bonds. The molecule has 1 saturated carbocycles. The number of ether oxygens (including phenoxy) is 2. The number of alkyl halides is 3. The van der Waals surface area contributed by atoms with E-state index in [-0.39, 0.29) is 35.6 Å². The van der Waals surface area contributed by atoms with Crippen molar-refractivity contribution >= 4 is 23.7 Å². The van der Waals surface area contributed by atoms with Crippen LogP contribution >= 0.6 is 11.6 Å². The summed E-state index contributed by atoms with van der Waals surface area (Å²) in [6.07, 6.45) is -0.0383. The van der Waals surface area contributed by atoms with Crippen LogP contribution in [0.25, 0.3) is 0 Å². The van der Waals surface area contributed by atoms with E-state index in [2.05, 4.69) is 5.32 Å². The lowest BCUT2D eigenvalue weighted by atomic mass is 9.86. The van der Waals surface area contributed by atoms with Crippen LogP contribution in [-0.2, 0) is 26.2 Å². The van der Waals surface area contributed by atoms with Crippen molar-refractivity contribution in [3.63, 3.8) is 0 Å². The monoisotopic (exact) mass is 406 g/mol. The van der Waals surface area contributed by atoms with E-state index in [1.807, 2.05) is 0 Å². The summed E-state index contributed by atoms with van der Waals surface area (Å²) in [5, 5.41) is 2.42. The van der Waals surface area contributed by atoms with E-state index < -0.39 is 11.7 Å². The van der Waals surface area contributed by atoms with Gasteiger partial charge in [-0.05, 0) is 42.9 Å². The number of anilines is 1. The van der Waals surface area contributed by atoms with Crippen LogP contribution in [0.3, 0.4) is 0 Å². The summed E-state index contributed by atoms with van der Waals surface area (Å²) in [7, 11) is 1.47. The summed E-state index contributed by atoms with van der Waals surface area (Å²) in [6.45, 7) is 0.336. The highest BCUT2D eigenvalue weighted by Gasteiger charge is 2.53. The third-order valence-corrected chi connectivity index (χ3v) is 4.64. The first-order valence-corrected chi connectivity index (χ1v) is 8.75. The van der Waals surface area contributed by atoms with Gasteiger partial charge in [0.1, 0.15) is 6.79 Å². The number of benzene rings is 1. The zero-order valence-corrected chi connectivity index (χ0v) is 15.6. The van der Waals surface area contributed by atoms with Crippen molar-refractivity contribution in [1.29, 1.82) is 0 Å². The van der Waals surface area contributed by atoms with E-state index in [9.17, 15) is 18.0 Å². The van der Waals surface area contributed by atoms with Crippen molar-refractivity contribution in [1.82, 2.24) is 0 Å². The molecular weight excluding hydrogens is 385 g/mol. The van der Waals surface area contributed by atoms with Gasteiger partial charge in [-0.2, -0.15) is 13.2 Å². The van der Waals surface area contributed by atoms with Crippen LogP contribution in [0.4, 0.5) is 18.9 Å². The second-order valence-electron chi connectivity index (χ2n) is 6.38. The fraction of sp³-hybridized carbons (Fsp3) is 0.500. The summed E-state index contributed by atoms with van der Waals surface area (Å²) < 4.78 is 51.4. The van der Waals surface area contributed by atoms with Gasteiger partial charge in [-0.3, -0.25) is 4.79 Å². The third kappa shape index (κ3) is 5.44. The number of hydrogen-bond acceptors (Lipinski definition) is 4. The Kier molecular flexibility index (Phi) is 7.27. The number of carbonyl (C=O) groups excluding carboxylic acids is 1. The molecule has 9 heteroatoms. The Hall–Kier alpha value is -1.61. The van der Waals surface area contributed by atoms with Crippen molar-refractivity contribution in [3.8, 4) is 0 Å². The number of rotatable bonds is 10. The first-order valence-electron chi connectivity index (χ1n) is 8.37. The van der Waals surface area contributed by atoms with Gasteiger partial charge in [0.15, 0.2) is 5.54 Å². The summed E-state index contributed by atoms with van der Waals surface area (Å²) in [5.41, 5.74) is 3.19. The minimum Gasteiger partial charge on any atom is -0.359 e. The van der Waals surface area contributed by atoms with Crippen LogP contribution in [0.1, 0.15) is 24.0 Å². The first kappa shape index (κ1) is 21.7. The molecule has 0 bridgehead atoms. The van der Waals surface area contributed by atoms with Gasteiger partial charge in [-0.25, -0.2) is 0 Å². The van der Waals surface area contributed by atoms with Gasteiger partial charge in [-0.1, -0.05) is 23.8 Å². The van der Waals surface area contributed by atoms with E-state index in [0.717, 1.165) is 25.0 Å². The molecule has 0 unspecified atom stereocenters. The van der Waals surface area contributed by atoms with Crippen LogP contribution in [0.15, 0.2) is 24.3 Å². The predicted octanol–water partition coefficient (Wildman–Crippen LogP) is 3.75. The second-order valence-corrected chi connectivity index (χ2v) is 6.79. The summed E-state index contributed by atoms with van der Waals surface area (Å²) in [5.74, 6) is 0.102. The molecule has 0 saturated heterocycles. The van der Waals surface area contributed by atoms with Gasteiger partial charge in [0.05, 0.1) is 6.61 Å². The van der Waals surface area contributed by atoms with Crippen molar-refractivity contribution in [2.75, 3.05) is 25.8 Å². The fourth-order valence-corrected chi connectivity index (χ4v) is 2.83. The highest BCUT2D eigenvalue weighted by atomic mass is 35.5. The minimum atomic E-state index is -4.77. The molecule has 0 heterocycles. The van der Waals surface area contributed by atoms with E-state index in [0.29, 0.717) is 18.4 Å². The molecule has 0 spiro atoms. The van der Waals surface area contributed by atoms with Gasteiger partial charge < -0.3 is 20.5 Å². The standard InChI is InChI=1S/C18H22ClF3N2O3/c1-26-11-27-7-5-13-8-16(24-10-25)14(9-15(13)19)17(23,18(20,21)22)6-4-12-2-3-12/h4,6,8-10,12H,2-3,5,7,11,23H2,1H3,(H,24,25)/t17-/m0/s1. The van der Waals surface area contributed by atoms with Gasteiger partial charge in [-0.15, -0.1) is 0 Å². The maximum absolute atomic E-state index is 13.8. The predicted molar refractivity (Wildman–Crippen MR) is 96.5 cm³/mol. The molecule has 0 aromatic heterocycles.